The maximum atomic E-state index is 13.4. The van der Waals surface area contributed by atoms with Gasteiger partial charge in [0.1, 0.15) is 11.8 Å². The van der Waals surface area contributed by atoms with E-state index < -0.39 is 66.3 Å². The van der Waals surface area contributed by atoms with Gasteiger partial charge in [-0.3, -0.25) is 33.7 Å². The van der Waals surface area contributed by atoms with E-state index in [2.05, 4.69) is 31.3 Å². The molecule has 2 heterocycles. The van der Waals surface area contributed by atoms with Crippen LogP contribution in [0.15, 0.2) is 24.3 Å². The minimum atomic E-state index is -1.36. The van der Waals surface area contributed by atoms with Crippen molar-refractivity contribution in [2.75, 3.05) is 17.3 Å². The predicted octanol–water partition coefficient (Wildman–Crippen LogP) is 0.205. The first-order valence-electron chi connectivity index (χ1n) is 13.1. The fourth-order valence-electron chi connectivity index (χ4n) is 4.65. The highest BCUT2D eigenvalue weighted by Gasteiger charge is 2.40. The minimum Gasteiger partial charge on any atom is -0.481 e. The van der Waals surface area contributed by atoms with Gasteiger partial charge in [0.25, 0.3) is 0 Å². The number of anilines is 1. The summed E-state index contributed by atoms with van der Waals surface area (Å²) in [6.45, 7) is 3.26. The molecule has 220 valence electrons. The number of nitrogens with one attached hydrogen (secondary N) is 3. The molecule has 3 amide bonds. The van der Waals surface area contributed by atoms with Gasteiger partial charge in [0.05, 0.1) is 31.3 Å². The summed E-state index contributed by atoms with van der Waals surface area (Å²) in [6.07, 6.45) is -0.103. The van der Waals surface area contributed by atoms with E-state index in [0.29, 0.717) is 17.7 Å². The number of nitrogens with zero attached hydrogens (tertiary/aromatic N) is 4. The van der Waals surface area contributed by atoms with Gasteiger partial charge in [-0.15, -0.1) is 21.8 Å². The monoisotopic (exact) mass is 589 g/mol. The standard InChI is InChI=1S/C26H32ClN7O7/c1-3-14(2)17(9-16(35)10-22-30-32-33-31-22)25(40)28-13-23(37)34-19-7-5-4-6-15(19)8-20(34)26(41)29-18(11-24(38)39)21(36)12-27/h4-7,14,17-18,20H,3,8-13H2,1-2H3,(H,28,40)(H,29,41)(H,38,39)(H,30,31,32,33)/t14-,17-,18?,20-/m0/s1. The maximum Gasteiger partial charge on any atom is 0.305 e. The van der Waals surface area contributed by atoms with Crippen molar-refractivity contribution in [2.45, 2.75) is 58.0 Å². The molecule has 0 fully saturated rings. The molecule has 2 aromatic rings. The van der Waals surface area contributed by atoms with Crippen LogP contribution in [-0.2, 0) is 41.6 Å². The summed E-state index contributed by atoms with van der Waals surface area (Å²) in [5, 5.41) is 27.4. The van der Waals surface area contributed by atoms with Gasteiger partial charge in [-0.05, 0) is 17.5 Å². The Labute approximate surface area is 240 Å². The highest BCUT2D eigenvalue weighted by Crippen LogP contribution is 2.32. The Kier molecular flexibility index (Phi) is 11.0. The fourth-order valence-corrected chi connectivity index (χ4v) is 4.84. The number of aromatic amines is 1. The average Bonchev–Trinajstić information content (AvgIpc) is 3.60. The van der Waals surface area contributed by atoms with Gasteiger partial charge in [0, 0.05) is 24.4 Å². The topological polar surface area (TPSA) is 204 Å². The Bertz CT molecular complexity index is 1290. The van der Waals surface area contributed by atoms with E-state index in [1.54, 1.807) is 24.3 Å². The summed E-state index contributed by atoms with van der Waals surface area (Å²) in [5.41, 5.74) is 1.15. The van der Waals surface area contributed by atoms with Crippen molar-refractivity contribution < 1.29 is 33.9 Å². The second kappa shape index (κ2) is 14.4. The number of carbonyl (C=O) groups excluding carboxylic acids is 5. The van der Waals surface area contributed by atoms with Gasteiger partial charge < -0.3 is 15.7 Å². The molecular weight excluding hydrogens is 558 g/mol. The van der Waals surface area contributed by atoms with Gasteiger partial charge in [0.2, 0.25) is 17.7 Å². The van der Waals surface area contributed by atoms with E-state index in [1.807, 2.05) is 13.8 Å². The summed E-state index contributed by atoms with van der Waals surface area (Å²) in [7, 11) is 0. The molecule has 0 radical (unpaired) electrons. The Morgan fingerprint density at radius 3 is 2.54 bits per heavy atom. The van der Waals surface area contributed by atoms with Crippen LogP contribution < -0.4 is 15.5 Å². The number of carbonyl (C=O) groups is 6. The molecule has 0 aliphatic carbocycles. The summed E-state index contributed by atoms with van der Waals surface area (Å²) >= 11 is 5.59. The Morgan fingerprint density at radius 2 is 1.90 bits per heavy atom. The number of amides is 3. The lowest BCUT2D eigenvalue weighted by atomic mass is 9.86. The van der Waals surface area contributed by atoms with Gasteiger partial charge in [-0.2, -0.15) is 5.21 Å². The zero-order valence-electron chi connectivity index (χ0n) is 22.6. The van der Waals surface area contributed by atoms with Crippen LogP contribution in [0.1, 0.15) is 44.5 Å². The predicted molar refractivity (Wildman–Crippen MR) is 145 cm³/mol. The quantitative estimate of drug-likeness (QED) is 0.208. The fraction of sp³-hybridized carbons (Fsp3) is 0.500. The van der Waals surface area contributed by atoms with E-state index >= 15 is 0 Å². The second-order valence-electron chi connectivity index (χ2n) is 9.83. The highest BCUT2D eigenvalue weighted by atomic mass is 35.5. The molecule has 15 heteroatoms. The first-order chi connectivity index (χ1) is 19.5. The number of carboxylic acids is 1. The summed E-state index contributed by atoms with van der Waals surface area (Å²) in [4.78, 5) is 77.0. The van der Waals surface area contributed by atoms with E-state index in [1.165, 1.54) is 4.90 Å². The van der Waals surface area contributed by atoms with Crippen molar-refractivity contribution in [1.29, 1.82) is 0 Å². The molecule has 4 atom stereocenters. The van der Waals surface area contributed by atoms with Gasteiger partial charge >= 0.3 is 5.97 Å². The van der Waals surface area contributed by atoms with Crippen molar-refractivity contribution in [3.8, 4) is 0 Å². The van der Waals surface area contributed by atoms with Gasteiger partial charge in [0.15, 0.2) is 11.6 Å². The van der Waals surface area contributed by atoms with E-state index in [4.69, 9.17) is 16.7 Å². The van der Waals surface area contributed by atoms with Crippen molar-refractivity contribution >= 4 is 52.5 Å². The number of halogens is 1. The van der Waals surface area contributed by atoms with Crippen molar-refractivity contribution in [1.82, 2.24) is 31.3 Å². The molecular formula is C26H32ClN7O7. The number of Topliss-reactive ketones (excluding diaryl/α,β-unsaturated/α-hetero) is 2. The normalized spacial score (nSPS) is 16.3. The van der Waals surface area contributed by atoms with Crippen molar-refractivity contribution in [3.05, 3.63) is 35.7 Å². The van der Waals surface area contributed by atoms with Crippen LogP contribution in [0.5, 0.6) is 0 Å². The first-order valence-corrected chi connectivity index (χ1v) is 13.6. The lowest BCUT2D eigenvalue weighted by molar-refractivity contribution is -0.140. The third kappa shape index (κ3) is 8.16. The lowest BCUT2D eigenvalue weighted by Crippen LogP contribution is -2.54. The number of aromatic nitrogens is 4. The number of carboxylic acid groups (broad SMARTS) is 1. The summed E-state index contributed by atoms with van der Waals surface area (Å²) < 4.78 is 0. The van der Waals surface area contributed by atoms with Crippen LogP contribution in [0.3, 0.4) is 0 Å². The number of tetrazole rings is 1. The number of hydrogen-bond donors (Lipinski definition) is 4. The first kappa shape index (κ1) is 31.3. The zero-order chi connectivity index (χ0) is 30.1. The molecule has 0 spiro atoms. The number of rotatable bonds is 15. The maximum absolute atomic E-state index is 13.4. The number of fused-ring (bicyclic) bond motifs is 1. The van der Waals surface area contributed by atoms with E-state index in [0.717, 1.165) is 0 Å². The highest BCUT2D eigenvalue weighted by molar-refractivity contribution is 6.28. The zero-order valence-corrected chi connectivity index (χ0v) is 23.4. The number of aliphatic carboxylic acids is 1. The third-order valence-corrected chi connectivity index (χ3v) is 7.30. The van der Waals surface area contributed by atoms with Crippen LogP contribution in [0, 0.1) is 11.8 Å². The molecule has 0 saturated heterocycles. The molecule has 1 aromatic heterocycles. The largest absolute Gasteiger partial charge is 0.481 e. The third-order valence-electron chi connectivity index (χ3n) is 7.04. The number of alkyl halides is 1. The van der Waals surface area contributed by atoms with E-state index in [-0.39, 0.29) is 36.8 Å². The van der Waals surface area contributed by atoms with E-state index in [9.17, 15) is 28.8 Å². The smallest absolute Gasteiger partial charge is 0.305 e. The van der Waals surface area contributed by atoms with Crippen LogP contribution >= 0.6 is 11.6 Å². The minimum absolute atomic E-state index is 0.0826. The average molecular weight is 590 g/mol. The van der Waals surface area contributed by atoms with Gasteiger partial charge in [-0.25, -0.2) is 0 Å². The van der Waals surface area contributed by atoms with Crippen LogP contribution in [0.4, 0.5) is 5.69 Å². The van der Waals surface area contributed by atoms with Crippen molar-refractivity contribution in [3.63, 3.8) is 0 Å². The molecule has 0 saturated carbocycles. The Hall–Kier alpha value is -4.20. The Morgan fingerprint density at radius 1 is 1.17 bits per heavy atom. The number of hydrogen-bond acceptors (Lipinski definition) is 9. The molecule has 1 aliphatic heterocycles. The number of benzene rings is 1. The summed E-state index contributed by atoms with van der Waals surface area (Å²) in [5.74, 6) is -5.21. The molecule has 0 bridgehead atoms. The Balaban J connectivity index is 1.72. The molecule has 41 heavy (non-hydrogen) atoms. The van der Waals surface area contributed by atoms with Crippen molar-refractivity contribution in [2.24, 2.45) is 11.8 Å². The molecule has 3 rings (SSSR count). The van der Waals surface area contributed by atoms with Crippen LogP contribution in [-0.4, -0.2) is 85.5 Å². The van der Waals surface area contributed by atoms with Crippen LogP contribution in [0.2, 0.25) is 0 Å². The molecule has 4 N–H and O–H groups in total. The molecule has 1 unspecified atom stereocenters. The molecule has 14 nitrogen and oxygen atoms in total. The number of ketones is 2. The molecule has 1 aromatic carbocycles. The number of para-hydroxylation sites is 1. The number of H-pyrrole nitrogens is 1. The molecule has 1 aliphatic rings. The summed E-state index contributed by atoms with van der Waals surface area (Å²) in [6, 6.07) is 4.39. The second-order valence-corrected chi connectivity index (χ2v) is 10.1. The SMILES string of the molecule is CC[C@H](C)[C@H](CC(=O)Cc1nn[nH]n1)C(=O)NCC(=O)N1c2ccccc2C[C@H]1C(=O)NC(CC(=O)O)C(=O)CCl. The lowest BCUT2D eigenvalue weighted by Gasteiger charge is -2.27. The van der Waals surface area contributed by atoms with Crippen LogP contribution in [0.25, 0.3) is 0 Å². The van der Waals surface area contributed by atoms with Gasteiger partial charge in [-0.1, -0.05) is 43.7 Å².